The molecule has 1 saturated heterocycles. The molecule has 1 aromatic carbocycles. The number of para-hydroxylation sites is 1. The van der Waals surface area contributed by atoms with E-state index in [1.807, 2.05) is 12.1 Å². The standard InChI is InChI=1S/C16H19NO4/c1-2-11-9-17(7-8-20-11)10-14-15(16(18)19)12-5-3-4-6-13(12)21-14/h3-6,11H,2,7-10H2,1H3,(H,18,19). The molecule has 0 saturated carbocycles. The van der Waals surface area contributed by atoms with Gasteiger partial charge in [0.25, 0.3) is 0 Å². The van der Waals surface area contributed by atoms with Gasteiger partial charge in [-0.2, -0.15) is 0 Å². The molecule has 1 aromatic heterocycles. The highest BCUT2D eigenvalue weighted by atomic mass is 16.5. The van der Waals surface area contributed by atoms with Crippen LogP contribution >= 0.6 is 0 Å². The Kier molecular flexibility index (Phi) is 3.94. The zero-order valence-corrected chi connectivity index (χ0v) is 12.0. The van der Waals surface area contributed by atoms with Crippen LogP contribution in [-0.4, -0.2) is 41.8 Å². The third-order valence-electron chi connectivity index (χ3n) is 3.93. The van der Waals surface area contributed by atoms with Crippen LogP contribution in [0, 0.1) is 0 Å². The third kappa shape index (κ3) is 2.80. The number of benzene rings is 1. The van der Waals surface area contributed by atoms with Gasteiger partial charge in [-0.3, -0.25) is 4.90 Å². The van der Waals surface area contributed by atoms with E-state index in [4.69, 9.17) is 9.15 Å². The summed E-state index contributed by atoms with van der Waals surface area (Å²) in [5, 5.41) is 10.1. The van der Waals surface area contributed by atoms with Gasteiger partial charge in [-0.15, -0.1) is 0 Å². The number of carboxylic acids is 1. The molecule has 0 bridgehead atoms. The minimum Gasteiger partial charge on any atom is -0.478 e. The predicted molar refractivity (Wildman–Crippen MR) is 78.5 cm³/mol. The van der Waals surface area contributed by atoms with E-state index in [9.17, 15) is 9.90 Å². The second-order valence-electron chi connectivity index (χ2n) is 5.34. The van der Waals surface area contributed by atoms with Crippen molar-refractivity contribution in [1.29, 1.82) is 0 Å². The van der Waals surface area contributed by atoms with Crippen LogP contribution in [-0.2, 0) is 11.3 Å². The molecule has 0 amide bonds. The Morgan fingerprint density at radius 2 is 2.24 bits per heavy atom. The average Bonchev–Trinajstić information content (AvgIpc) is 2.85. The fraction of sp³-hybridized carbons (Fsp3) is 0.438. The molecule has 1 aliphatic heterocycles. The molecular formula is C16H19NO4. The van der Waals surface area contributed by atoms with Gasteiger partial charge in [0.15, 0.2) is 0 Å². The monoisotopic (exact) mass is 289 g/mol. The van der Waals surface area contributed by atoms with Gasteiger partial charge in [-0.1, -0.05) is 25.1 Å². The molecule has 0 aliphatic carbocycles. The van der Waals surface area contributed by atoms with Crippen molar-refractivity contribution in [2.75, 3.05) is 19.7 Å². The summed E-state index contributed by atoms with van der Waals surface area (Å²) in [6.07, 6.45) is 1.18. The lowest BCUT2D eigenvalue weighted by atomic mass is 10.1. The summed E-state index contributed by atoms with van der Waals surface area (Å²) in [5.41, 5.74) is 0.912. The molecule has 0 spiro atoms. The molecule has 2 aromatic rings. The Bertz CT molecular complexity index is 649. The molecule has 2 heterocycles. The summed E-state index contributed by atoms with van der Waals surface area (Å²) in [6, 6.07) is 7.28. The van der Waals surface area contributed by atoms with Crippen molar-refractivity contribution in [3.05, 3.63) is 35.6 Å². The van der Waals surface area contributed by atoms with E-state index in [0.717, 1.165) is 19.5 Å². The van der Waals surface area contributed by atoms with Crippen molar-refractivity contribution in [2.45, 2.75) is 26.0 Å². The minimum absolute atomic E-state index is 0.219. The van der Waals surface area contributed by atoms with Crippen LogP contribution in [0.2, 0.25) is 0 Å². The molecule has 1 aliphatic rings. The number of hydrogen-bond donors (Lipinski definition) is 1. The van der Waals surface area contributed by atoms with Gasteiger partial charge in [-0.05, 0) is 12.5 Å². The Hall–Kier alpha value is -1.85. The SMILES string of the molecule is CCC1CN(Cc2oc3ccccc3c2C(=O)O)CCO1. The van der Waals surface area contributed by atoms with Crippen LogP contribution in [0.25, 0.3) is 11.0 Å². The number of carbonyl (C=O) groups is 1. The summed E-state index contributed by atoms with van der Waals surface area (Å²) in [5.74, 6) is -0.407. The van der Waals surface area contributed by atoms with Crippen molar-refractivity contribution in [3.8, 4) is 0 Å². The first-order chi connectivity index (χ1) is 10.2. The number of ether oxygens (including phenoxy) is 1. The second kappa shape index (κ2) is 5.87. The number of fused-ring (bicyclic) bond motifs is 1. The fourth-order valence-electron chi connectivity index (χ4n) is 2.82. The molecule has 0 radical (unpaired) electrons. The van der Waals surface area contributed by atoms with Crippen LogP contribution < -0.4 is 0 Å². The first kappa shape index (κ1) is 14.1. The van der Waals surface area contributed by atoms with Crippen molar-refractivity contribution >= 4 is 16.9 Å². The van der Waals surface area contributed by atoms with Crippen LogP contribution in [0.4, 0.5) is 0 Å². The van der Waals surface area contributed by atoms with Gasteiger partial charge in [-0.25, -0.2) is 4.79 Å². The summed E-state index contributed by atoms with van der Waals surface area (Å²) in [7, 11) is 0. The third-order valence-corrected chi connectivity index (χ3v) is 3.93. The zero-order chi connectivity index (χ0) is 14.8. The predicted octanol–water partition coefficient (Wildman–Crippen LogP) is 2.74. The molecule has 1 N–H and O–H groups in total. The molecular weight excluding hydrogens is 270 g/mol. The highest BCUT2D eigenvalue weighted by molar-refractivity contribution is 6.03. The normalized spacial score (nSPS) is 20.0. The molecule has 112 valence electrons. The Labute approximate surface area is 123 Å². The molecule has 1 fully saturated rings. The molecule has 5 nitrogen and oxygen atoms in total. The van der Waals surface area contributed by atoms with Gasteiger partial charge < -0.3 is 14.3 Å². The number of carboxylic acid groups (broad SMARTS) is 1. The van der Waals surface area contributed by atoms with Gasteiger partial charge in [0.1, 0.15) is 16.9 Å². The van der Waals surface area contributed by atoms with E-state index in [-0.39, 0.29) is 11.7 Å². The first-order valence-corrected chi connectivity index (χ1v) is 7.26. The van der Waals surface area contributed by atoms with E-state index >= 15 is 0 Å². The highest BCUT2D eigenvalue weighted by Crippen LogP contribution is 2.27. The molecule has 21 heavy (non-hydrogen) atoms. The quantitative estimate of drug-likeness (QED) is 0.937. The van der Waals surface area contributed by atoms with Crippen molar-refractivity contribution < 1.29 is 19.1 Å². The van der Waals surface area contributed by atoms with Crippen LogP contribution in [0.1, 0.15) is 29.5 Å². The average molecular weight is 289 g/mol. The Balaban J connectivity index is 1.89. The maximum atomic E-state index is 11.6. The number of rotatable bonds is 4. The molecule has 3 rings (SSSR count). The maximum Gasteiger partial charge on any atom is 0.339 e. The lowest BCUT2D eigenvalue weighted by Crippen LogP contribution is -2.41. The first-order valence-electron chi connectivity index (χ1n) is 7.26. The summed E-state index contributed by atoms with van der Waals surface area (Å²) >= 11 is 0. The Morgan fingerprint density at radius 1 is 1.43 bits per heavy atom. The fourth-order valence-corrected chi connectivity index (χ4v) is 2.82. The van der Waals surface area contributed by atoms with Gasteiger partial charge in [0.2, 0.25) is 0 Å². The topological polar surface area (TPSA) is 62.9 Å². The molecule has 1 unspecified atom stereocenters. The minimum atomic E-state index is -0.935. The van der Waals surface area contributed by atoms with E-state index in [0.29, 0.717) is 29.9 Å². The lowest BCUT2D eigenvalue weighted by molar-refractivity contribution is -0.0341. The van der Waals surface area contributed by atoms with Crippen molar-refractivity contribution in [2.24, 2.45) is 0 Å². The van der Waals surface area contributed by atoms with E-state index < -0.39 is 5.97 Å². The number of furan rings is 1. The second-order valence-corrected chi connectivity index (χ2v) is 5.34. The lowest BCUT2D eigenvalue weighted by Gasteiger charge is -2.31. The summed E-state index contributed by atoms with van der Waals surface area (Å²) < 4.78 is 11.4. The highest BCUT2D eigenvalue weighted by Gasteiger charge is 2.25. The van der Waals surface area contributed by atoms with Gasteiger partial charge >= 0.3 is 5.97 Å². The van der Waals surface area contributed by atoms with E-state index in [1.165, 1.54) is 0 Å². The smallest absolute Gasteiger partial charge is 0.339 e. The zero-order valence-electron chi connectivity index (χ0n) is 12.0. The largest absolute Gasteiger partial charge is 0.478 e. The Morgan fingerprint density at radius 3 is 3.00 bits per heavy atom. The van der Waals surface area contributed by atoms with E-state index in [1.54, 1.807) is 12.1 Å². The van der Waals surface area contributed by atoms with Crippen molar-refractivity contribution in [1.82, 2.24) is 4.90 Å². The summed E-state index contributed by atoms with van der Waals surface area (Å²) in [6.45, 7) is 4.90. The molecule has 5 heteroatoms. The van der Waals surface area contributed by atoms with Gasteiger partial charge in [0.05, 0.1) is 19.3 Å². The van der Waals surface area contributed by atoms with E-state index in [2.05, 4.69) is 11.8 Å². The van der Waals surface area contributed by atoms with Crippen LogP contribution in [0.5, 0.6) is 0 Å². The van der Waals surface area contributed by atoms with Crippen LogP contribution in [0.15, 0.2) is 28.7 Å². The summed E-state index contributed by atoms with van der Waals surface area (Å²) in [4.78, 5) is 13.8. The van der Waals surface area contributed by atoms with Gasteiger partial charge in [0, 0.05) is 18.5 Å². The van der Waals surface area contributed by atoms with Crippen molar-refractivity contribution in [3.63, 3.8) is 0 Å². The molecule has 1 atom stereocenters. The number of hydrogen-bond acceptors (Lipinski definition) is 4. The number of morpholine rings is 1. The number of nitrogens with zero attached hydrogens (tertiary/aromatic N) is 1. The number of aromatic carboxylic acids is 1. The maximum absolute atomic E-state index is 11.6. The van der Waals surface area contributed by atoms with Crippen LogP contribution in [0.3, 0.4) is 0 Å².